The average Bonchev–Trinajstić information content (AvgIpc) is 2.57. The normalized spacial score (nSPS) is 10.8. The summed E-state index contributed by atoms with van der Waals surface area (Å²) in [6.45, 7) is 1.35. The molecular formula is C12H16N2O. The van der Waals surface area contributed by atoms with E-state index in [1.54, 1.807) is 0 Å². The zero-order valence-corrected chi connectivity index (χ0v) is 8.94. The summed E-state index contributed by atoms with van der Waals surface area (Å²) in [7, 11) is 2.01. The van der Waals surface area contributed by atoms with Crippen LogP contribution in [0, 0.1) is 0 Å². The maximum Gasteiger partial charge on any atom is 0.194 e. The molecule has 2 N–H and O–H groups in total. The largest absolute Gasteiger partial charge is 0.479 e. The van der Waals surface area contributed by atoms with Crippen LogP contribution < -0.4 is 10.5 Å². The summed E-state index contributed by atoms with van der Waals surface area (Å²) in [6.07, 6.45) is 0.890. The third-order valence-corrected chi connectivity index (χ3v) is 2.51. The van der Waals surface area contributed by atoms with E-state index in [1.165, 1.54) is 10.9 Å². The number of nitrogens with two attached hydrogens (primary N) is 1. The van der Waals surface area contributed by atoms with E-state index in [-0.39, 0.29) is 0 Å². The molecule has 0 radical (unpaired) electrons. The van der Waals surface area contributed by atoms with E-state index in [9.17, 15) is 0 Å². The van der Waals surface area contributed by atoms with Crippen molar-refractivity contribution in [3.05, 3.63) is 30.3 Å². The Labute approximate surface area is 89.4 Å². The summed E-state index contributed by atoms with van der Waals surface area (Å²) in [6, 6.07) is 10.3. The van der Waals surface area contributed by atoms with Crippen molar-refractivity contribution in [2.45, 2.75) is 6.42 Å². The number of hydrogen-bond acceptors (Lipinski definition) is 2. The Morgan fingerprint density at radius 2 is 2.13 bits per heavy atom. The molecule has 3 heteroatoms. The lowest BCUT2D eigenvalue weighted by atomic mass is 10.2. The number of aryl methyl sites for hydroxylation is 1. The van der Waals surface area contributed by atoms with Gasteiger partial charge in [0.1, 0.15) is 0 Å². The van der Waals surface area contributed by atoms with Crippen molar-refractivity contribution in [3.8, 4) is 5.88 Å². The van der Waals surface area contributed by atoms with E-state index in [4.69, 9.17) is 10.5 Å². The van der Waals surface area contributed by atoms with Gasteiger partial charge in [-0.3, -0.25) is 0 Å². The number of aromatic nitrogens is 1. The fraction of sp³-hybridized carbons (Fsp3) is 0.333. The minimum absolute atomic E-state index is 0.671. The Morgan fingerprint density at radius 3 is 2.87 bits per heavy atom. The molecule has 0 unspecified atom stereocenters. The second kappa shape index (κ2) is 4.36. The molecule has 0 saturated heterocycles. The van der Waals surface area contributed by atoms with Crippen LogP contribution in [0.5, 0.6) is 5.88 Å². The molecule has 0 aliphatic carbocycles. The molecular weight excluding hydrogens is 188 g/mol. The zero-order chi connectivity index (χ0) is 10.7. The lowest BCUT2D eigenvalue weighted by Crippen LogP contribution is -2.07. The van der Waals surface area contributed by atoms with E-state index >= 15 is 0 Å². The van der Waals surface area contributed by atoms with Crippen molar-refractivity contribution in [3.63, 3.8) is 0 Å². The van der Waals surface area contributed by atoms with Crippen LogP contribution in [0.2, 0.25) is 0 Å². The monoisotopic (exact) mass is 204 g/mol. The van der Waals surface area contributed by atoms with Crippen molar-refractivity contribution >= 4 is 10.9 Å². The highest BCUT2D eigenvalue weighted by atomic mass is 16.5. The topological polar surface area (TPSA) is 40.2 Å². The molecule has 0 atom stereocenters. The number of nitrogens with zero attached hydrogens (tertiary/aromatic N) is 1. The van der Waals surface area contributed by atoms with Crippen molar-refractivity contribution in [2.75, 3.05) is 13.2 Å². The number of ether oxygens (including phenoxy) is 1. The highest BCUT2D eigenvalue weighted by Gasteiger charge is 2.04. The Bertz CT molecular complexity index is 448. The quantitative estimate of drug-likeness (QED) is 0.773. The predicted molar refractivity (Wildman–Crippen MR) is 62.1 cm³/mol. The summed E-state index contributed by atoms with van der Waals surface area (Å²) in [4.78, 5) is 0. The molecule has 0 amide bonds. The highest BCUT2D eigenvalue weighted by molar-refractivity contribution is 5.82. The number of para-hydroxylation sites is 1. The zero-order valence-electron chi connectivity index (χ0n) is 8.94. The standard InChI is InChI=1S/C12H16N2O/c1-14-11-6-3-2-5-10(11)9-12(14)15-8-4-7-13/h2-3,5-6,9H,4,7-8,13H2,1H3. The van der Waals surface area contributed by atoms with Gasteiger partial charge in [0.2, 0.25) is 0 Å². The lowest BCUT2D eigenvalue weighted by Gasteiger charge is -2.05. The van der Waals surface area contributed by atoms with Crippen molar-refractivity contribution in [1.82, 2.24) is 4.57 Å². The average molecular weight is 204 g/mol. The summed E-state index contributed by atoms with van der Waals surface area (Å²) in [5.74, 6) is 0.907. The first-order valence-electron chi connectivity index (χ1n) is 5.20. The maximum atomic E-state index is 5.65. The van der Waals surface area contributed by atoms with Gasteiger partial charge >= 0.3 is 0 Å². The van der Waals surface area contributed by atoms with E-state index in [1.807, 2.05) is 19.2 Å². The van der Waals surface area contributed by atoms with Crippen LogP contribution in [-0.4, -0.2) is 17.7 Å². The van der Waals surface area contributed by atoms with Gasteiger partial charge < -0.3 is 15.0 Å². The van der Waals surface area contributed by atoms with Crippen LogP contribution in [0.15, 0.2) is 30.3 Å². The van der Waals surface area contributed by atoms with Gasteiger partial charge in [-0.15, -0.1) is 0 Å². The SMILES string of the molecule is Cn1c(OCCCN)cc2ccccc21. The Kier molecular flexibility index (Phi) is 2.92. The first-order valence-corrected chi connectivity index (χ1v) is 5.20. The fourth-order valence-corrected chi connectivity index (χ4v) is 1.66. The maximum absolute atomic E-state index is 5.65. The van der Waals surface area contributed by atoms with Crippen LogP contribution in [0.1, 0.15) is 6.42 Å². The summed E-state index contributed by atoms with van der Waals surface area (Å²) >= 11 is 0. The van der Waals surface area contributed by atoms with Gasteiger partial charge in [0, 0.05) is 18.5 Å². The molecule has 3 nitrogen and oxygen atoms in total. The van der Waals surface area contributed by atoms with Crippen LogP contribution >= 0.6 is 0 Å². The second-order valence-corrected chi connectivity index (χ2v) is 3.59. The van der Waals surface area contributed by atoms with Crippen molar-refractivity contribution < 1.29 is 4.74 Å². The summed E-state index contributed by atoms with van der Waals surface area (Å²) in [5.41, 5.74) is 6.61. The van der Waals surface area contributed by atoms with Gasteiger partial charge in [0.05, 0.1) is 12.1 Å². The van der Waals surface area contributed by atoms with Crippen molar-refractivity contribution in [1.29, 1.82) is 0 Å². The number of fused-ring (bicyclic) bond motifs is 1. The molecule has 0 aliphatic rings. The number of rotatable bonds is 4. The molecule has 1 heterocycles. The first-order chi connectivity index (χ1) is 7.33. The van der Waals surface area contributed by atoms with Crippen LogP contribution in [0.4, 0.5) is 0 Å². The van der Waals surface area contributed by atoms with E-state index < -0.39 is 0 Å². The van der Waals surface area contributed by atoms with Gasteiger partial charge in [0.25, 0.3) is 0 Å². The molecule has 80 valence electrons. The Hall–Kier alpha value is -1.48. The number of hydrogen-bond donors (Lipinski definition) is 1. The Morgan fingerprint density at radius 1 is 1.33 bits per heavy atom. The van der Waals surface area contributed by atoms with Crippen LogP contribution in [0.3, 0.4) is 0 Å². The van der Waals surface area contributed by atoms with E-state index in [0.717, 1.165) is 12.3 Å². The predicted octanol–water partition coefficient (Wildman–Crippen LogP) is 1.91. The van der Waals surface area contributed by atoms with Gasteiger partial charge in [-0.25, -0.2) is 0 Å². The lowest BCUT2D eigenvalue weighted by molar-refractivity contribution is 0.293. The fourth-order valence-electron chi connectivity index (χ4n) is 1.66. The molecule has 1 aromatic carbocycles. The summed E-state index contributed by atoms with van der Waals surface area (Å²) < 4.78 is 7.71. The van der Waals surface area contributed by atoms with E-state index in [0.29, 0.717) is 13.2 Å². The first kappa shape index (κ1) is 10.1. The molecule has 0 fully saturated rings. The molecule has 2 aromatic rings. The molecule has 1 aromatic heterocycles. The molecule has 0 spiro atoms. The van der Waals surface area contributed by atoms with Crippen LogP contribution in [-0.2, 0) is 7.05 Å². The molecule has 0 saturated carbocycles. The minimum atomic E-state index is 0.671. The smallest absolute Gasteiger partial charge is 0.194 e. The molecule has 2 rings (SSSR count). The molecule has 0 aliphatic heterocycles. The second-order valence-electron chi connectivity index (χ2n) is 3.59. The minimum Gasteiger partial charge on any atom is -0.479 e. The Balaban J connectivity index is 2.24. The van der Waals surface area contributed by atoms with Gasteiger partial charge in [-0.05, 0) is 19.0 Å². The molecule has 0 bridgehead atoms. The van der Waals surface area contributed by atoms with Gasteiger partial charge in [-0.2, -0.15) is 0 Å². The van der Waals surface area contributed by atoms with Gasteiger partial charge in [-0.1, -0.05) is 18.2 Å². The molecule has 15 heavy (non-hydrogen) atoms. The highest BCUT2D eigenvalue weighted by Crippen LogP contribution is 2.23. The van der Waals surface area contributed by atoms with Gasteiger partial charge in [0.15, 0.2) is 5.88 Å². The summed E-state index contributed by atoms with van der Waals surface area (Å²) in [5, 5.41) is 1.21. The number of benzene rings is 1. The van der Waals surface area contributed by atoms with Crippen molar-refractivity contribution in [2.24, 2.45) is 12.8 Å². The third kappa shape index (κ3) is 1.97. The van der Waals surface area contributed by atoms with E-state index in [2.05, 4.69) is 22.8 Å². The third-order valence-electron chi connectivity index (χ3n) is 2.51. The van der Waals surface area contributed by atoms with Crippen LogP contribution in [0.25, 0.3) is 10.9 Å².